The van der Waals surface area contributed by atoms with Crippen LogP contribution in [0.2, 0.25) is 0 Å². The van der Waals surface area contributed by atoms with Gasteiger partial charge in [0.2, 0.25) is 0 Å². The number of hydrogen-bond acceptors (Lipinski definition) is 4. The summed E-state index contributed by atoms with van der Waals surface area (Å²) < 4.78 is 0.270. The number of alkyl halides is 2. The van der Waals surface area contributed by atoms with Crippen molar-refractivity contribution in [3.05, 3.63) is 46.8 Å². The molecule has 0 fully saturated rings. The third-order valence-corrected chi connectivity index (χ3v) is 5.72. The fourth-order valence-electron chi connectivity index (χ4n) is 2.26. The summed E-state index contributed by atoms with van der Waals surface area (Å²) in [6.45, 7) is 10.4. The molecule has 0 aliphatic carbocycles. The molecule has 4 nitrogen and oxygen atoms in total. The monoisotopic (exact) mass is 441 g/mol. The number of rotatable bonds is 5. The van der Waals surface area contributed by atoms with Gasteiger partial charge in [-0.1, -0.05) is 0 Å². The first-order valence-electron chi connectivity index (χ1n) is 7.92. The zero-order valence-electron chi connectivity index (χ0n) is 15.8. The average Bonchev–Trinajstić information content (AvgIpc) is 2.85. The van der Waals surface area contributed by atoms with Crippen LogP contribution in [0.25, 0.3) is 0 Å². The van der Waals surface area contributed by atoms with Crippen LogP contribution in [-0.4, -0.2) is 27.5 Å². The third kappa shape index (κ3) is 5.92. The van der Waals surface area contributed by atoms with E-state index in [4.69, 9.17) is 11.5 Å². The van der Waals surface area contributed by atoms with Crippen molar-refractivity contribution >= 4 is 11.4 Å². The standard InChI is InChI=1S/C19H30IN4/c1-12(21)8-15(23-7)10-14(19(3,4)5)11-17(22)16-9-13(2)24-18(16)20-6/h8-11,18H,21-22H2,1-7H3/q-1/b12-8-,14-10?,17-11-,23-15?. The molecule has 1 aliphatic heterocycles. The van der Waals surface area contributed by atoms with Gasteiger partial charge in [-0.25, -0.2) is 0 Å². The number of aliphatic imine (C=N–C) groups is 2. The van der Waals surface area contributed by atoms with Gasteiger partial charge in [-0.3, -0.25) is 0 Å². The van der Waals surface area contributed by atoms with Crippen LogP contribution in [0, 0.1) is 5.41 Å². The maximum atomic E-state index is 6.44. The molecule has 0 bridgehead atoms. The summed E-state index contributed by atoms with van der Waals surface area (Å²) in [5.74, 6) is 0. The zero-order valence-corrected chi connectivity index (χ0v) is 18.0. The van der Waals surface area contributed by atoms with Gasteiger partial charge in [-0.2, -0.15) is 0 Å². The van der Waals surface area contributed by atoms with Gasteiger partial charge >= 0.3 is 157 Å². The summed E-state index contributed by atoms with van der Waals surface area (Å²) in [6.07, 6.45) is 8.11. The summed E-state index contributed by atoms with van der Waals surface area (Å²) in [4.78, 5) is 11.2. The van der Waals surface area contributed by atoms with E-state index < -0.39 is 0 Å². The second-order valence-corrected chi connectivity index (χ2v) is 9.34. The molecule has 0 aromatic carbocycles. The van der Waals surface area contributed by atoms with E-state index in [1.807, 2.05) is 19.9 Å². The molecule has 5 heteroatoms. The first kappa shape index (κ1) is 20.7. The maximum absolute atomic E-state index is 6.44. The van der Waals surface area contributed by atoms with Crippen LogP contribution in [0.1, 0.15) is 34.6 Å². The Bertz CT molecular complexity index is 651. The number of nitrogens with zero attached hydrogens (tertiary/aromatic N) is 2. The molecule has 134 valence electrons. The fourth-order valence-corrected chi connectivity index (χ4v) is 4.18. The zero-order chi connectivity index (χ0) is 18.5. The van der Waals surface area contributed by atoms with Gasteiger partial charge in [-0.15, -0.1) is 0 Å². The summed E-state index contributed by atoms with van der Waals surface area (Å²) >= 11 is -0.0302. The average molecular weight is 441 g/mol. The molecule has 1 heterocycles. The second kappa shape index (κ2) is 8.65. The topological polar surface area (TPSA) is 76.8 Å². The summed E-state index contributed by atoms with van der Waals surface area (Å²) in [6, 6.07) is 0. The molecule has 1 unspecified atom stereocenters. The Labute approximate surface area is 156 Å². The molecule has 0 aromatic heterocycles. The van der Waals surface area contributed by atoms with Gasteiger partial charge < -0.3 is 0 Å². The van der Waals surface area contributed by atoms with Gasteiger partial charge in [0.05, 0.1) is 0 Å². The number of nitrogens with two attached hydrogens (primary N) is 2. The van der Waals surface area contributed by atoms with Gasteiger partial charge in [0.1, 0.15) is 0 Å². The molecule has 0 radical (unpaired) electrons. The molecule has 0 spiro atoms. The Morgan fingerprint density at radius 2 is 1.88 bits per heavy atom. The van der Waals surface area contributed by atoms with Crippen molar-refractivity contribution in [3.8, 4) is 0 Å². The Balaban J connectivity index is 3.29. The molecular formula is C19H30IN4-. The molecule has 0 saturated heterocycles. The minimum absolute atomic E-state index is 0.0302. The molecular weight excluding hydrogens is 411 g/mol. The molecule has 1 aliphatic rings. The predicted molar refractivity (Wildman–Crippen MR) is 102 cm³/mol. The Morgan fingerprint density at radius 3 is 2.33 bits per heavy atom. The molecule has 0 saturated carbocycles. The van der Waals surface area contributed by atoms with E-state index >= 15 is 0 Å². The third-order valence-electron chi connectivity index (χ3n) is 3.59. The van der Waals surface area contributed by atoms with Crippen molar-refractivity contribution in [1.82, 2.24) is 0 Å². The molecule has 0 amide bonds. The summed E-state index contributed by atoms with van der Waals surface area (Å²) in [7, 11) is 1.77. The van der Waals surface area contributed by atoms with Crippen molar-refractivity contribution in [2.24, 2.45) is 26.9 Å². The second-order valence-electron chi connectivity index (χ2n) is 6.91. The Morgan fingerprint density at radius 1 is 1.25 bits per heavy atom. The Kier molecular flexibility index (Phi) is 7.45. The van der Waals surface area contributed by atoms with Crippen LogP contribution >= 0.6 is 0 Å². The normalized spacial score (nSPS) is 21.2. The molecule has 0 aromatic rings. The molecule has 24 heavy (non-hydrogen) atoms. The van der Waals surface area contributed by atoms with Gasteiger partial charge in [0, 0.05) is 0 Å². The number of allylic oxidation sites excluding steroid dienone is 6. The first-order valence-corrected chi connectivity index (χ1v) is 11.3. The Hall–Kier alpha value is -1.37. The van der Waals surface area contributed by atoms with Gasteiger partial charge in [-0.05, 0) is 0 Å². The van der Waals surface area contributed by atoms with Crippen LogP contribution in [0.3, 0.4) is 0 Å². The summed E-state index contributed by atoms with van der Waals surface area (Å²) in [5, 5.41) is 0. The van der Waals surface area contributed by atoms with Crippen molar-refractivity contribution in [3.63, 3.8) is 0 Å². The van der Waals surface area contributed by atoms with E-state index in [0.29, 0.717) is 0 Å². The van der Waals surface area contributed by atoms with Crippen LogP contribution in [0.4, 0.5) is 0 Å². The minimum atomic E-state index is -0.0528. The summed E-state index contributed by atoms with van der Waals surface area (Å²) in [5.41, 5.74) is 17.9. The van der Waals surface area contributed by atoms with E-state index in [2.05, 4.69) is 53.9 Å². The van der Waals surface area contributed by atoms with Crippen LogP contribution in [-0.2, 0) is 0 Å². The molecule has 4 N–H and O–H groups in total. The number of halogens is 1. The van der Waals surface area contributed by atoms with E-state index in [1.54, 1.807) is 7.05 Å². The quantitative estimate of drug-likeness (QED) is 0.210. The molecule has 1 atom stereocenters. The van der Waals surface area contributed by atoms with Crippen LogP contribution in [0.15, 0.2) is 56.8 Å². The predicted octanol–water partition coefficient (Wildman–Crippen LogP) is 0.181. The first-order chi connectivity index (χ1) is 11.1. The van der Waals surface area contributed by atoms with Crippen LogP contribution in [0.5, 0.6) is 0 Å². The van der Waals surface area contributed by atoms with Crippen molar-refractivity contribution in [1.29, 1.82) is 0 Å². The van der Waals surface area contributed by atoms with Crippen molar-refractivity contribution < 1.29 is 21.2 Å². The SMILES string of the molecule is CN=C(C=C(/C=C(\N)C1=CC(C)=NC1[I-]C)C(C)(C)C)/C=C(/C)N. The van der Waals surface area contributed by atoms with E-state index in [1.165, 1.54) is 0 Å². The fraction of sp³-hybridized carbons (Fsp3) is 0.474. The van der Waals surface area contributed by atoms with E-state index in [-0.39, 0.29) is 30.7 Å². The van der Waals surface area contributed by atoms with E-state index in [9.17, 15) is 0 Å². The number of hydrogen-bond donors (Lipinski definition) is 2. The van der Waals surface area contributed by atoms with Crippen molar-refractivity contribution in [2.45, 2.75) is 38.7 Å². The van der Waals surface area contributed by atoms with E-state index in [0.717, 1.165) is 34.0 Å². The van der Waals surface area contributed by atoms with Gasteiger partial charge in [0.15, 0.2) is 0 Å². The van der Waals surface area contributed by atoms with Crippen molar-refractivity contribution in [2.75, 3.05) is 12.0 Å². The molecule has 1 rings (SSSR count). The van der Waals surface area contributed by atoms with Crippen LogP contribution < -0.4 is 32.7 Å². The van der Waals surface area contributed by atoms with Gasteiger partial charge in [0.25, 0.3) is 0 Å².